The Bertz CT molecular complexity index is 1000. The molecule has 1 aromatic carbocycles. The molecule has 5 heteroatoms. The number of nitrogens with two attached hydrogens (primary N) is 1. The molecule has 5 nitrogen and oxygen atoms in total. The first-order valence-corrected chi connectivity index (χ1v) is 7.82. The van der Waals surface area contributed by atoms with Gasteiger partial charge in [-0.15, -0.1) is 0 Å². The summed E-state index contributed by atoms with van der Waals surface area (Å²) in [6.45, 7) is 9.58. The van der Waals surface area contributed by atoms with Crippen LogP contribution >= 0.6 is 0 Å². The predicted octanol–water partition coefficient (Wildman–Crippen LogP) is 3.37. The normalized spacial score (nSPS) is 11.2. The van der Waals surface area contributed by atoms with Gasteiger partial charge in [-0.05, 0) is 57.9 Å². The number of amides is 1. The van der Waals surface area contributed by atoms with E-state index in [0.29, 0.717) is 11.2 Å². The van der Waals surface area contributed by atoms with Crippen molar-refractivity contribution in [2.24, 2.45) is 5.73 Å². The van der Waals surface area contributed by atoms with Gasteiger partial charge in [-0.3, -0.25) is 9.36 Å². The van der Waals surface area contributed by atoms with Crippen molar-refractivity contribution in [3.8, 4) is 11.4 Å². The number of benzene rings is 1. The number of aryl methyl sites for hydroxylation is 3. The van der Waals surface area contributed by atoms with Gasteiger partial charge in [0.1, 0.15) is 11.4 Å². The molecule has 3 rings (SSSR count). The van der Waals surface area contributed by atoms with Gasteiger partial charge in [0.2, 0.25) is 0 Å². The van der Waals surface area contributed by atoms with Crippen LogP contribution in [0.4, 0.5) is 0 Å². The molecule has 0 fully saturated rings. The number of carbonyl (C=O) groups excluding carboxylic acids is 1. The Morgan fingerprint density at radius 2 is 1.79 bits per heavy atom. The Hall–Kier alpha value is -2.82. The van der Waals surface area contributed by atoms with E-state index in [1.165, 1.54) is 0 Å². The fourth-order valence-electron chi connectivity index (χ4n) is 3.27. The second kappa shape index (κ2) is 5.37. The molecule has 0 saturated carbocycles. The first-order valence-electron chi connectivity index (χ1n) is 7.82. The first kappa shape index (κ1) is 16.1. The summed E-state index contributed by atoms with van der Waals surface area (Å²) in [5.74, 6) is -0.266. The lowest BCUT2D eigenvalue weighted by Crippen LogP contribution is -2.13. The molecule has 0 aliphatic heterocycles. The molecule has 1 amide bonds. The Kier molecular flexibility index (Phi) is 3.59. The van der Waals surface area contributed by atoms with Gasteiger partial charge in [0.05, 0.1) is 11.3 Å². The van der Waals surface area contributed by atoms with E-state index >= 15 is 0 Å². The molecule has 0 unspecified atom stereocenters. The number of rotatable bonds is 2. The summed E-state index contributed by atoms with van der Waals surface area (Å²) in [6, 6.07) is 5.48. The maximum Gasteiger partial charge on any atom is 0.251 e. The molecule has 2 heterocycles. The minimum Gasteiger partial charge on any atom is -0.508 e. The average Bonchev–Trinajstić information content (AvgIpc) is 2.77. The number of pyridine rings is 1. The van der Waals surface area contributed by atoms with Crippen molar-refractivity contribution in [1.29, 1.82) is 0 Å². The van der Waals surface area contributed by atoms with Crippen LogP contribution in [0.25, 0.3) is 16.7 Å². The van der Waals surface area contributed by atoms with Crippen LogP contribution in [-0.2, 0) is 0 Å². The Morgan fingerprint density at radius 3 is 2.42 bits per heavy atom. The third-order valence-corrected chi connectivity index (χ3v) is 4.70. The van der Waals surface area contributed by atoms with Gasteiger partial charge >= 0.3 is 0 Å². The molecule has 3 aromatic rings. The second-order valence-corrected chi connectivity index (χ2v) is 6.30. The van der Waals surface area contributed by atoms with Crippen LogP contribution in [0, 0.1) is 34.6 Å². The zero-order valence-corrected chi connectivity index (χ0v) is 14.6. The number of nitrogens with zero attached hydrogens (tertiary/aromatic N) is 2. The molecule has 0 saturated heterocycles. The average molecular weight is 323 g/mol. The maximum absolute atomic E-state index is 12.0. The van der Waals surface area contributed by atoms with Crippen LogP contribution in [-0.4, -0.2) is 20.6 Å². The van der Waals surface area contributed by atoms with Crippen molar-refractivity contribution in [2.45, 2.75) is 34.6 Å². The van der Waals surface area contributed by atoms with E-state index in [1.54, 1.807) is 6.07 Å². The van der Waals surface area contributed by atoms with Crippen molar-refractivity contribution >= 4 is 16.9 Å². The van der Waals surface area contributed by atoms with Crippen LogP contribution in [0.1, 0.15) is 38.4 Å². The molecular formula is C19H21N3O2. The van der Waals surface area contributed by atoms with Gasteiger partial charge in [0.15, 0.2) is 0 Å². The number of hydrogen-bond acceptors (Lipinski definition) is 3. The Balaban J connectivity index is 2.55. The van der Waals surface area contributed by atoms with Gasteiger partial charge in [-0.1, -0.05) is 6.07 Å². The SMILES string of the molecule is Cc1cc2c(C(N)=O)c(C)n(-c3c(C)ccc(O)c3C)c2nc1C. The van der Waals surface area contributed by atoms with Gasteiger partial charge in [0.25, 0.3) is 5.91 Å². The standard InChI is InChI=1S/C19H21N3O2/c1-9-6-7-15(23)11(3)17(9)22-13(5)16(18(20)24)14-8-10(2)12(4)21-19(14)22/h6-8,23H,1-5H3,(H2,20,24). The number of phenolic OH excluding ortho intramolecular Hbond substituents is 1. The topological polar surface area (TPSA) is 81.1 Å². The summed E-state index contributed by atoms with van der Waals surface area (Å²) in [5.41, 5.74) is 12.0. The number of aromatic hydroxyl groups is 1. The van der Waals surface area contributed by atoms with Crippen LogP contribution in [0.2, 0.25) is 0 Å². The maximum atomic E-state index is 12.0. The van der Waals surface area contributed by atoms with Crippen molar-refractivity contribution in [3.05, 3.63) is 51.8 Å². The zero-order valence-electron chi connectivity index (χ0n) is 14.6. The lowest BCUT2D eigenvalue weighted by molar-refractivity contribution is 0.100. The highest BCUT2D eigenvalue weighted by Crippen LogP contribution is 2.34. The van der Waals surface area contributed by atoms with Crippen LogP contribution in [0.3, 0.4) is 0 Å². The molecular weight excluding hydrogens is 302 g/mol. The zero-order chi connectivity index (χ0) is 17.8. The largest absolute Gasteiger partial charge is 0.508 e. The molecule has 0 aliphatic rings. The molecule has 3 N–H and O–H groups in total. The molecule has 0 aliphatic carbocycles. The minimum absolute atomic E-state index is 0.210. The number of primary amides is 1. The molecule has 0 radical (unpaired) electrons. The van der Waals surface area contributed by atoms with Crippen molar-refractivity contribution < 1.29 is 9.90 Å². The fourth-order valence-corrected chi connectivity index (χ4v) is 3.27. The molecule has 0 bridgehead atoms. The van der Waals surface area contributed by atoms with Gasteiger partial charge < -0.3 is 10.8 Å². The number of aromatic nitrogens is 2. The summed E-state index contributed by atoms with van der Waals surface area (Å²) in [4.78, 5) is 16.7. The highest BCUT2D eigenvalue weighted by Gasteiger charge is 2.23. The summed E-state index contributed by atoms with van der Waals surface area (Å²) in [5, 5.41) is 10.9. The molecule has 0 spiro atoms. The lowest BCUT2D eigenvalue weighted by Gasteiger charge is -2.16. The van der Waals surface area contributed by atoms with Crippen LogP contribution in [0.15, 0.2) is 18.2 Å². The number of phenols is 1. The Morgan fingerprint density at radius 1 is 1.12 bits per heavy atom. The van der Waals surface area contributed by atoms with Gasteiger partial charge in [0, 0.05) is 22.3 Å². The van der Waals surface area contributed by atoms with Crippen molar-refractivity contribution in [2.75, 3.05) is 0 Å². The first-order chi connectivity index (χ1) is 11.2. The number of fused-ring (bicyclic) bond motifs is 1. The summed E-state index contributed by atoms with van der Waals surface area (Å²) < 4.78 is 1.92. The second-order valence-electron chi connectivity index (χ2n) is 6.30. The van der Waals surface area contributed by atoms with E-state index in [2.05, 4.69) is 0 Å². The predicted molar refractivity (Wildman–Crippen MR) is 94.9 cm³/mol. The summed E-state index contributed by atoms with van der Waals surface area (Å²) in [7, 11) is 0. The third kappa shape index (κ3) is 2.16. The highest BCUT2D eigenvalue weighted by molar-refractivity contribution is 6.07. The number of carbonyl (C=O) groups is 1. The third-order valence-electron chi connectivity index (χ3n) is 4.70. The summed E-state index contributed by atoms with van der Waals surface area (Å²) in [6.07, 6.45) is 0. The summed E-state index contributed by atoms with van der Waals surface area (Å²) >= 11 is 0. The Labute approximate surface area is 140 Å². The van der Waals surface area contributed by atoms with Crippen LogP contribution in [0.5, 0.6) is 5.75 Å². The monoisotopic (exact) mass is 323 g/mol. The fraction of sp³-hybridized carbons (Fsp3) is 0.263. The van der Waals surface area contributed by atoms with Gasteiger partial charge in [-0.2, -0.15) is 0 Å². The van der Waals surface area contributed by atoms with E-state index in [9.17, 15) is 9.90 Å². The lowest BCUT2D eigenvalue weighted by atomic mass is 10.1. The van der Waals surface area contributed by atoms with E-state index in [-0.39, 0.29) is 5.75 Å². The minimum atomic E-state index is -0.475. The molecule has 0 atom stereocenters. The highest BCUT2D eigenvalue weighted by atomic mass is 16.3. The van der Waals surface area contributed by atoms with Gasteiger partial charge in [-0.25, -0.2) is 4.98 Å². The number of hydrogen-bond donors (Lipinski definition) is 2. The van der Waals surface area contributed by atoms with E-state index in [0.717, 1.165) is 39.2 Å². The molecule has 2 aromatic heterocycles. The smallest absolute Gasteiger partial charge is 0.251 e. The van der Waals surface area contributed by atoms with Crippen LogP contribution < -0.4 is 5.73 Å². The van der Waals surface area contributed by atoms with Crippen molar-refractivity contribution in [3.63, 3.8) is 0 Å². The van der Waals surface area contributed by atoms with Crippen molar-refractivity contribution in [1.82, 2.24) is 9.55 Å². The van der Waals surface area contributed by atoms with E-state index in [4.69, 9.17) is 10.7 Å². The van der Waals surface area contributed by atoms with E-state index < -0.39 is 5.91 Å². The molecule has 124 valence electrons. The quantitative estimate of drug-likeness (QED) is 0.758. The molecule has 24 heavy (non-hydrogen) atoms. The van der Waals surface area contributed by atoms with E-state index in [1.807, 2.05) is 51.3 Å².